The minimum Gasteiger partial charge on any atom is -0.495 e. The predicted molar refractivity (Wildman–Crippen MR) is 178 cm³/mol. The van der Waals surface area contributed by atoms with Gasteiger partial charge in [0, 0.05) is 31.7 Å². The second-order valence-corrected chi connectivity index (χ2v) is 14.6. The monoisotopic (exact) mass is 649 g/mol. The highest BCUT2D eigenvalue weighted by Gasteiger charge is 2.28. The Morgan fingerprint density at radius 2 is 1.80 bits per heavy atom. The van der Waals surface area contributed by atoms with E-state index in [-0.39, 0.29) is 35.2 Å². The van der Waals surface area contributed by atoms with Crippen molar-refractivity contribution >= 4 is 44.7 Å². The number of anilines is 4. The van der Waals surface area contributed by atoms with Crippen LogP contribution in [-0.4, -0.2) is 76.0 Å². The van der Waals surface area contributed by atoms with Crippen LogP contribution in [-0.2, 0) is 14.6 Å². The van der Waals surface area contributed by atoms with E-state index in [2.05, 4.69) is 32.6 Å². The lowest BCUT2D eigenvalue weighted by atomic mass is 9.86. The molecule has 3 N–H and O–H groups in total. The molecule has 0 unspecified atom stereocenters. The quantitative estimate of drug-likeness (QED) is 0.186. The van der Waals surface area contributed by atoms with E-state index < -0.39 is 15.1 Å². The van der Waals surface area contributed by atoms with Gasteiger partial charge in [-0.05, 0) is 87.8 Å². The number of nitrogens with one attached hydrogen (secondary N) is 2. The number of nitrogens with zero attached hydrogens (tertiary/aromatic N) is 5. The molecular formula is C33H43N7O5S. The second kappa shape index (κ2) is 14.0. The van der Waals surface area contributed by atoms with Gasteiger partial charge in [-0.25, -0.2) is 8.42 Å². The summed E-state index contributed by atoms with van der Waals surface area (Å²) in [6.45, 7) is 8.81. The molecule has 0 bridgehead atoms. The summed E-state index contributed by atoms with van der Waals surface area (Å²) >= 11 is 0. The first-order chi connectivity index (χ1) is 22.0. The zero-order valence-electron chi connectivity index (χ0n) is 27.0. The first-order valence-corrected chi connectivity index (χ1v) is 17.2. The summed E-state index contributed by atoms with van der Waals surface area (Å²) in [5.74, 6) is 1.58. The van der Waals surface area contributed by atoms with E-state index in [1.807, 2.05) is 24.0 Å². The van der Waals surface area contributed by atoms with Crippen molar-refractivity contribution in [1.82, 2.24) is 24.5 Å². The van der Waals surface area contributed by atoms with E-state index >= 15 is 0 Å². The molecule has 46 heavy (non-hydrogen) atoms. The average molecular weight is 650 g/mol. The van der Waals surface area contributed by atoms with E-state index in [4.69, 9.17) is 9.84 Å². The highest BCUT2D eigenvalue weighted by Crippen LogP contribution is 2.38. The summed E-state index contributed by atoms with van der Waals surface area (Å²) in [6, 6.07) is 12.5. The maximum atomic E-state index is 13.1. The topological polar surface area (TPSA) is 151 Å². The van der Waals surface area contributed by atoms with Crippen molar-refractivity contribution in [1.29, 1.82) is 0 Å². The van der Waals surface area contributed by atoms with Crippen LogP contribution in [0, 0.1) is 12.8 Å². The van der Waals surface area contributed by atoms with Crippen LogP contribution < -0.4 is 15.4 Å². The Bertz CT molecular complexity index is 1800. The van der Waals surface area contributed by atoms with Crippen LogP contribution in [0.1, 0.15) is 63.5 Å². The molecule has 0 spiro atoms. The van der Waals surface area contributed by atoms with Gasteiger partial charge in [0.05, 0.1) is 34.8 Å². The predicted octanol–water partition coefficient (Wildman–Crippen LogP) is 5.23. The fourth-order valence-electron chi connectivity index (χ4n) is 5.93. The van der Waals surface area contributed by atoms with Crippen molar-refractivity contribution in [2.75, 3.05) is 37.4 Å². The highest BCUT2D eigenvalue weighted by atomic mass is 32.2. The molecule has 246 valence electrons. The molecule has 1 aliphatic rings. The molecule has 2 aromatic heterocycles. The van der Waals surface area contributed by atoms with Crippen molar-refractivity contribution in [3.8, 4) is 5.75 Å². The molecule has 3 heterocycles. The van der Waals surface area contributed by atoms with Crippen LogP contribution in [0.2, 0.25) is 0 Å². The van der Waals surface area contributed by atoms with Crippen LogP contribution in [0.25, 0.3) is 5.65 Å². The minimum absolute atomic E-state index is 0.0848. The van der Waals surface area contributed by atoms with Crippen molar-refractivity contribution < 1.29 is 23.1 Å². The van der Waals surface area contributed by atoms with Gasteiger partial charge in [0.25, 0.3) is 0 Å². The third kappa shape index (κ3) is 6.95. The number of sulfone groups is 1. The summed E-state index contributed by atoms with van der Waals surface area (Å²) in [6.07, 6.45) is 4.66. The Hall–Kier alpha value is -4.23. The molecule has 1 saturated heterocycles. The molecule has 5 rings (SSSR count). The first-order valence-electron chi connectivity index (χ1n) is 15.7. The molecule has 0 radical (unpaired) electrons. The van der Waals surface area contributed by atoms with E-state index in [0.717, 1.165) is 18.4 Å². The van der Waals surface area contributed by atoms with Crippen molar-refractivity contribution in [3.63, 3.8) is 0 Å². The lowest BCUT2D eigenvalue weighted by molar-refractivity contribution is -0.136. The summed E-state index contributed by atoms with van der Waals surface area (Å²) in [4.78, 5) is 24.3. The number of aliphatic hydroxyl groups is 1. The number of rotatable bonds is 12. The van der Waals surface area contributed by atoms with Crippen LogP contribution >= 0.6 is 0 Å². The number of carbonyl (C=O) groups excluding carboxylic acids is 1. The van der Waals surface area contributed by atoms with Crippen molar-refractivity contribution in [2.45, 2.75) is 69.4 Å². The van der Waals surface area contributed by atoms with Crippen LogP contribution in [0.3, 0.4) is 0 Å². The number of carbonyl (C=O) groups is 1. The molecular weight excluding hydrogens is 606 g/mol. The fourth-order valence-corrected chi connectivity index (χ4v) is 7.13. The molecule has 13 heteroatoms. The van der Waals surface area contributed by atoms with Gasteiger partial charge in [0.2, 0.25) is 17.8 Å². The number of fused-ring (bicyclic) bond motifs is 1. The smallest absolute Gasteiger partial charge is 0.233 e. The van der Waals surface area contributed by atoms with Gasteiger partial charge in [0.1, 0.15) is 5.75 Å². The Morgan fingerprint density at radius 1 is 1.07 bits per heavy atom. The summed E-state index contributed by atoms with van der Waals surface area (Å²) in [7, 11) is -1.94. The molecule has 1 atom stereocenters. The summed E-state index contributed by atoms with van der Waals surface area (Å²) in [5, 5.41) is 19.3. The van der Waals surface area contributed by atoms with E-state index in [1.54, 1.807) is 57.5 Å². The number of aryl methyl sites for hydroxylation is 1. The molecule has 2 aromatic carbocycles. The number of piperidine rings is 1. The number of ether oxygens (including phenoxy) is 1. The number of methoxy groups -OCH3 is 1. The van der Waals surface area contributed by atoms with Gasteiger partial charge in [-0.1, -0.05) is 19.1 Å². The molecule has 12 nitrogen and oxygen atoms in total. The van der Waals surface area contributed by atoms with Gasteiger partial charge in [-0.2, -0.15) is 19.6 Å². The standard InChI is InChI=1S/C33H43N7O5S/c1-21(2)46(43,44)29-11-7-6-10-26(29)36-33-38-32(37-30-12-15-34-40(30)33)35-27-19-23(4)25(20-28(27)45-5)24-13-16-39(17-14-24)31(42)22(3)9-8-18-41/h6-7,10-12,15,19-22,24,41H,8-9,13-14,16-18H2,1-5H3,(H2,35,36,37,38)/t22-/m0/s1. The number of para-hydroxylation sites is 1. The number of likely N-dealkylation sites (tertiary alicyclic amines) is 1. The molecule has 0 aliphatic carbocycles. The molecule has 1 amide bonds. The zero-order chi connectivity index (χ0) is 33.0. The zero-order valence-corrected chi connectivity index (χ0v) is 27.8. The highest BCUT2D eigenvalue weighted by molar-refractivity contribution is 7.92. The van der Waals surface area contributed by atoms with E-state index in [1.165, 1.54) is 10.1 Å². The Kier molecular flexibility index (Phi) is 10.1. The molecule has 0 saturated carbocycles. The number of hydrogen-bond acceptors (Lipinski definition) is 10. The molecule has 4 aromatic rings. The Morgan fingerprint density at radius 3 is 2.50 bits per heavy atom. The second-order valence-electron chi connectivity index (χ2n) is 12.1. The maximum Gasteiger partial charge on any atom is 0.233 e. The third-order valence-corrected chi connectivity index (χ3v) is 10.8. The summed E-state index contributed by atoms with van der Waals surface area (Å²) < 4.78 is 33.5. The Labute approximate surface area is 270 Å². The van der Waals surface area contributed by atoms with Gasteiger partial charge in [-0.15, -0.1) is 0 Å². The largest absolute Gasteiger partial charge is 0.495 e. The number of aromatic nitrogens is 4. The van der Waals surface area contributed by atoms with Gasteiger partial charge >= 0.3 is 0 Å². The summed E-state index contributed by atoms with van der Waals surface area (Å²) in [5.41, 5.74) is 3.86. The lowest BCUT2D eigenvalue weighted by Crippen LogP contribution is -2.40. The van der Waals surface area contributed by atoms with Crippen LogP contribution in [0.4, 0.5) is 23.3 Å². The number of benzene rings is 2. The normalized spacial score (nSPS) is 14.9. The van der Waals surface area contributed by atoms with Crippen LogP contribution in [0.15, 0.2) is 53.6 Å². The number of aliphatic hydroxyl groups excluding tert-OH is 1. The van der Waals surface area contributed by atoms with Crippen LogP contribution in [0.5, 0.6) is 5.75 Å². The van der Waals surface area contributed by atoms with Gasteiger partial charge in [0.15, 0.2) is 15.5 Å². The van der Waals surface area contributed by atoms with E-state index in [0.29, 0.717) is 54.7 Å². The SMILES string of the molecule is COc1cc(C2CCN(C(=O)[C@@H](C)CCCO)CC2)c(C)cc1Nc1nc(Nc2ccccc2S(=O)(=O)C(C)C)n2nccc2n1. The third-order valence-electron chi connectivity index (χ3n) is 8.61. The van der Waals surface area contributed by atoms with Crippen molar-refractivity contribution in [3.05, 3.63) is 59.8 Å². The Balaban J connectivity index is 1.37. The minimum atomic E-state index is -3.56. The van der Waals surface area contributed by atoms with Gasteiger partial charge in [-0.3, -0.25) is 4.79 Å². The van der Waals surface area contributed by atoms with Crippen molar-refractivity contribution in [2.24, 2.45) is 5.92 Å². The van der Waals surface area contributed by atoms with E-state index in [9.17, 15) is 13.2 Å². The van der Waals surface area contributed by atoms with Gasteiger partial charge < -0.3 is 25.4 Å². The first kappa shape index (κ1) is 33.1. The number of amides is 1. The number of hydrogen-bond donors (Lipinski definition) is 3. The lowest BCUT2D eigenvalue weighted by Gasteiger charge is -2.34. The molecule has 1 aliphatic heterocycles. The molecule has 1 fully saturated rings. The maximum absolute atomic E-state index is 13.1. The fraction of sp³-hybridized carbons (Fsp3) is 0.455. The average Bonchev–Trinajstić information content (AvgIpc) is 3.53.